The number of carbonyl (C=O) groups is 1. The van der Waals surface area contributed by atoms with Crippen LogP contribution in [0.15, 0.2) is 22.9 Å². The highest BCUT2D eigenvalue weighted by atomic mass is 16.4. The lowest BCUT2D eigenvalue weighted by Gasteiger charge is -2.07. The average Bonchev–Trinajstić information content (AvgIpc) is 2.85. The lowest BCUT2D eigenvalue weighted by molar-refractivity contribution is 0.0697. The molecule has 0 fully saturated rings. The minimum absolute atomic E-state index is 0.0160. The van der Waals surface area contributed by atoms with Crippen LogP contribution in [-0.2, 0) is 13.0 Å². The number of carboxylic acids is 1. The van der Waals surface area contributed by atoms with Gasteiger partial charge in [-0.2, -0.15) is 0 Å². The van der Waals surface area contributed by atoms with E-state index in [1.807, 2.05) is 6.92 Å². The van der Waals surface area contributed by atoms with Crippen molar-refractivity contribution in [2.24, 2.45) is 0 Å². The molecule has 100 valence electrons. The topological polar surface area (TPSA) is 114 Å². The molecule has 0 saturated carbocycles. The van der Waals surface area contributed by atoms with Gasteiger partial charge in [-0.1, -0.05) is 6.92 Å². The lowest BCUT2D eigenvalue weighted by atomic mass is 10.2. The zero-order valence-electron chi connectivity index (χ0n) is 10.4. The van der Waals surface area contributed by atoms with Crippen molar-refractivity contribution in [3.05, 3.63) is 35.7 Å². The first-order valence-corrected chi connectivity index (χ1v) is 5.76. The minimum Gasteiger partial charge on any atom is -0.478 e. The number of carboxylic acid groups (broad SMARTS) is 1. The van der Waals surface area contributed by atoms with Crippen LogP contribution < -0.4 is 11.1 Å². The second-order valence-electron chi connectivity index (χ2n) is 3.90. The van der Waals surface area contributed by atoms with Gasteiger partial charge < -0.3 is 20.6 Å². The number of rotatable bonds is 5. The van der Waals surface area contributed by atoms with Crippen molar-refractivity contribution in [3.8, 4) is 0 Å². The van der Waals surface area contributed by atoms with E-state index in [0.717, 1.165) is 12.2 Å². The van der Waals surface area contributed by atoms with Crippen molar-refractivity contribution in [1.82, 2.24) is 9.97 Å². The molecular weight excluding hydrogens is 248 g/mol. The van der Waals surface area contributed by atoms with Crippen molar-refractivity contribution in [2.75, 3.05) is 11.1 Å². The van der Waals surface area contributed by atoms with Gasteiger partial charge in [-0.3, -0.25) is 0 Å². The first-order valence-electron chi connectivity index (χ1n) is 5.76. The number of nitrogens with zero attached hydrogens (tertiary/aromatic N) is 2. The van der Waals surface area contributed by atoms with E-state index in [1.54, 1.807) is 6.20 Å². The number of oxazole rings is 1. The van der Waals surface area contributed by atoms with E-state index in [1.165, 1.54) is 12.3 Å². The molecule has 0 aliphatic carbocycles. The summed E-state index contributed by atoms with van der Waals surface area (Å²) in [5.74, 6) is 0.397. The first-order chi connectivity index (χ1) is 9.10. The van der Waals surface area contributed by atoms with Crippen molar-refractivity contribution in [2.45, 2.75) is 19.9 Å². The Kier molecular flexibility index (Phi) is 3.65. The van der Waals surface area contributed by atoms with Gasteiger partial charge in [0.15, 0.2) is 0 Å². The van der Waals surface area contributed by atoms with Gasteiger partial charge in [0, 0.05) is 6.42 Å². The highest BCUT2D eigenvalue weighted by molar-refractivity contribution is 5.94. The third-order valence-electron chi connectivity index (χ3n) is 2.50. The maximum absolute atomic E-state index is 11.1. The Hall–Kier alpha value is -2.57. The van der Waals surface area contributed by atoms with Gasteiger partial charge in [-0.25, -0.2) is 14.8 Å². The number of aryl methyl sites for hydroxylation is 1. The summed E-state index contributed by atoms with van der Waals surface area (Å²) in [7, 11) is 0. The van der Waals surface area contributed by atoms with Gasteiger partial charge in [0.05, 0.1) is 24.6 Å². The van der Waals surface area contributed by atoms with Gasteiger partial charge in [-0.15, -0.1) is 0 Å². The Balaban J connectivity index is 2.12. The van der Waals surface area contributed by atoms with E-state index in [2.05, 4.69) is 15.3 Å². The molecule has 0 amide bonds. The Morgan fingerprint density at radius 1 is 1.47 bits per heavy atom. The van der Waals surface area contributed by atoms with Crippen LogP contribution in [0.2, 0.25) is 0 Å². The zero-order chi connectivity index (χ0) is 13.8. The molecule has 0 spiro atoms. The SMILES string of the molecule is CCc1cnc(CNc2ncc(N)cc2C(=O)O)o1. The first kappa shape index (κ1) is 12.9. The minimum atomic E-state index is -1.09. The molecule has 7 nitrogen and oxygen atoms in total. The molecule has 0 aliphatic heterocycles. The van der Waals surface area contributed by atoms with Crippen molar-refractivity contribution in [3.63, 3.8) is 0 Å². The fourth-order valence-corrected chi connectivity index (χ4v) is 1.54. The summed E-state index contributed by atoms with van der Waals surface area (Å²) in [4.78, 5) is 19.1. The van der Waals surface area contributed by atoms with Crippen molar-refractivity contribution < 1.29 is 14.3 Å². The number of anilines is 2. The van der Waals surface area contributed by atoms with Crippen LogP contribution in [0.4, 0.5) is 11.5 Å². The molecule has 2 aromatic heterocycles. The number of aromatic nitrogens is 2. The second kappa shape index (κ2) is 5.38. The molecule has 2 heterocycles. The van der Waals surface area contributed by atoms with Gasteiger partial charge in [0.1, 0.15) is 17.1 Å². The van der Waals surface area contributed by atoms with Crippen LogP contribution in [0.5, 0.6) is 0 Å². The van der Waals surface area contributed by atoms with E-state index in [4.69, 9.17) is 15.3 Å². The molecule has 2 aromatic rings. The molecule has 4 N–H and O–H groups in total. The van der Waals surface area contributed by atoms with Crippen LogP contribution in [0.1, 0.15) is 28.9 Å². The van der Waals surface area contributed by atoms with Crippen molar-refractivity contribution in [1.29, 1.82) is 0 Å². The monoisotopic (exact) mass is 262 g/mol. The maximum Gasteiger partial charge on any atom is 0.339 e. The highest BCUT2D eigenvalue weighted by Gasteiger charge is 2.12. The summed E-state index contributed by atoms with van der Waals surface area (Å²) in [5.41, 5.74) is 5.82. The van der Waals surface area contributed by atoms with Crippen LogP contribution in [0.3, 0.4) is 0 Å². The molecule has 0 aromatic carbocycles. The largest absolute Gasteiger partial charge is 0.478 e. The van der Waals surface area contributed by atoms with Crippen LogP contribution in [0.25, 0.3) is 0 Å². The highest BCUT2D eigenvalue weighted by Crippen LogP contribution is 2.16. The molecule has 7 heteroatoms. The number of hydrogen-bond donors (Lipinski definition) is 3. The number of aromatic carboxylic acids is 1. The molecule has 0 aliphatic rings. The van der Waals surface area contributed by atoms with E-state index in [9.17, 15) is 4.79 Å². The predicted molar refractivity (Wildman–Crippen MR) is 68.8 cm³/mol. The predicted octanol–water partition coefficient (Wildman–Crippen LogP) is 1.52. The molecule has 0 bridgehead atoms. The average molecular weight is 262 g/mol. The molecule has 0 radical (unpaired) electrons. The summed E-state index contributed by atoms with van der Waals surface area (Å²) in [6, 6.07) is 1.35. The van der Waals surface area contributed by atoms with Gasteiger partial charge >= 0.3 is 5.97 Å². The number of pyridine rings is 1. The van der Waals surface area contributed by atoms with Gasteiger partial charge in [-0.05, 0) is 6.07 Å². The normalized spacial score (nSPS) is 10.4. The fourth-order valence-electron chi connectivity index (χ4n) is 1.54. The quantitative estimate of drug-likeness (QED) is 0.748. The summed E-state index contributed by atoms with van der Waals surface area (Å²) < 4.78 is 5.41. The summed E-state index contributed by atoms with van der Waals surface area (Å²) >= 11 is 0. The fraction of sp³-hybridized carbons (Fsp3) is 0.250. The number of hydrogen-bond acceptors (Lipinski definition) is 6. The van der Waals surface area contributed by atoms with Gasteiger partial charge in [0.2, 0.25) is 5.89 Å². The van der Waals surface area contributed by atoms with Crippen LogP contribution >= 0.6 is 0 Å². The Labute approximate surface area is 109 Å². The van der Waals surface area contributed by atoms with E-state index in [-0.39, 0.29) is 17.9 Å². The molecule has 2 rings (SSSR count). The Bertz CT molecular complexity index is 594. The van der Waals surface area contributed by atoms with Crippen LogP contribution in [0, 0.1) is 0 Å². The number of nitrogens with one attached hydrogen (secondary N) is 1. The van der Waals surface area contributed by atoms with E-state index >= 15 is 0 Å². The van der Waals surface area contributed by atoms with Crippen LogP contribution in [-0.4, -0.2) is 21.0 Å². The molecule has 0 atom stereocenters. The number of nitrogen functional groups attached to an aromatic ring is 1. The second-order valence-corrected chi connectivity index (χ2v) is 3.90. The molecular formula is C12H14N4O3. The molecule has 19 heavy (non-hydrogen) atoms. The smallest absolute Gasteiger partial charge is 0.339 e. The van der Waals surface area contributed by atoms with Gasteiger partial charge in [0.25, 0.3) is 0 Å². The van der Waals surface area contributed by atoms with E-state index in [0.29, 0.717) is 11.6 Å². The third-order valence-corrected chi connectivity index (χ3v) is 2.50. The lowest BCUT2D eigenvalue weighted by Crippen LogP contribution is -2.09. The molecule has 0 unspecified atom stereocenters. The maximum atomic E-state index is 11.1. The summed E-state index contributed by atoms with van der Waals surface area (Å²) in [6.07, 6.45) is 3.79. The molecule has 0 saturated heterocycles. The zero-order valence-corrected chi connectivity index (χ0v) is 10.4. The van der Waals surface area contributed by atoms with Crippen molar-refractivity contribution >= 4 is 17.5 Å². The third kappa shape index (κ3) is 3.01. The Morgan fingerprint density at radius 3 is 2.89 bits per heavy atom. The standard InChI is InChI=1S/C12H14N4O3/c1-2-8-5-14-10(19-8)6-16-11-9(12(17)18)3-7(13)4-15-11/h3-5H,2,6,13H2,1H3,(H,15,16)(H,17,18). The summed E-state index contributed by atoms with van der Waals surface area (Å²) in [5, 5.41) is 11.9. The number of nitrogens with two attached hydrogens (primary N) is 1. The summed E-state index contributed by atoms with van der Waals surface area (Å²) in [6.45, 7) is 2.22. The Morgan fingerprint density at radius 2 is 2.26 bits per heavy atom. The van der Waals surface area contributed by atoms with E-state index < -0.39 is 5.97 Å².